The van der Waals surface area contributed by atoms with E-state index in [1.165, 1.54) is 24.3 Å². The molecule has 9 heteroatoms. The fourth-order valence-electron chi connectivity index (χ4n) is 3.46. The summed E-state index contributed by atoms with van der Waals surface area (Å²) in [5.41, 5.74) is 0.735. The maximum atomic E-state index is 12.5. The number of hydrogen-bond acceptors (Lipinski definition) is 6. The number of anilines is 1. The number of nitrogens with zero attached hydrogens (tertiary/aromatic N) is 2. The van der Waals surface area contributed by atoms with Gasteiger partial charge < -0.3 is 10.1 Å². The average molecular weight is 401 g/mol. The normalized spacial score (nSPS) is 17.2. The molecule has 1 heterocycles. The first kappa shape index (κ1) is 20.5. The van der Waals surface area contributed by atoms with Gasteiger partial charge in [0.1, 0.15) is 6.54 Å². The van der Waals surface area contributed by atoms with Crippen molar-refractivity contribution in [2.75, 3.05) is 18.5 Å². The first-order chi connectivity index (χ1) is 13.9. The molecule has 1 aliphatic carbocycles. The Bertz CT molecular complexity index is 829. The van der Waals surface area contributed by atoms with Crippen molar-refractivity contribution in [3.63, 3.8) is 0 Å². The van der Waals surface area contributed by atoms with Crippen molar-refractivity contribution in [2.24, 2.45) is 0 Å². The number of carbonyl (C=O) groups is 5. The van der Waals surface area contributed by atoms with E-state index in [-0.39, 0.29) is 6.04 Å². The number of carbonyl (C=O) groups excluding carboxylic acids is 5. The Hall–Kier alpha value is -3.23. The van der Waals surface area contributed by atoms with E-state index in [2.05, 4.69) is 5.32 Å². The largest absolute Gasteiger partial charge is 0.462 e. The number of esters is 1. The second kappa shape index (κ2) is 8.85. The van der Waals surface area contributed by atoms with Crippen LogP contribution in [-0.2, 0) is 19.1 Å². The average Bonchev–Trinajstić information content (AvgIpc) is 3.30. The van der Waals surface area contributed by atoms with Gasteiger partial charge in [0.25, 0.3) is 0 Å². The Kier molecular flexibility index (Phi) is 6.26. The Morgan fingerprint density at radius 2 is 1.72 bits per heavy atom. The number of amides is 5. The second-order valence-electron chi connectivity index (χ2n) is 7.05. The third-order valence-electron chi connectivity index (χ3n) is 4.92. The van der Waals surface area contributed by atoms with Crippen LogP contribution in [0.1, 0.15) is 49.4 Å². The molecule has 1 N–H and O–H groups in total. The van der Waals surface area contributed by atoms with Gasteiger partial charge in [0.05, 0.1) is 12.2 Å². The zero-order valence-electron chi connectivity index (χ0n) is 16.2. The molecular weight excluding hydrogens is 378 g/mol. The van der Waals surface area contributed by atoms with Gasteiger partial charge in [0.2, 0.25) is 5.91 Å². The fraction of sp³-hybridized carbons (Fsp3) is 0.450. The standard InChI is InChI=1S/C20H23N3O6/c1-2-11-29-19(27)13-7-9-14(10-8-13)21-16(24)12-22-17(25)18(26)23(20(22)28)15-5-3-4-6-15/h7-10,15H,2-6,11-12H2,1H3,(H,21,24). The molecule has 154 valence electrons. The lowest BCUT2D eigenvalue weighted by Crippen LogP contribution is -2.41. The lowest BCUT2D eigenvalue weighted by atomic mass is 10.2. The smallest absolute Gasteiger partial charge is 0.338 e. The summed E-state index contributed by atoms with van der Waals surface area (Å²) in [5.74, 6) is -2.92. The topological polar surface area (TPSA) is 113 Å². The molecule has 0 aromatic heterocycles. The van der Waals surface area contributed by atoms with Gasteiger partial charge in [-0.2, -0.15) is 0 Å². The first-order valence-corrected chi connectivity index (χ1v) is 9.68. The minimum absolute atomic E-state index is 0.271. The summed E-state index contributed by atoms with van der Waals surface area (Å²) in [6.45, 7) is 1.67. The summed E-state index contributed by atoms with van der Waals surface area (Å²) in [4.78, 5) is 62.5. The molecule has 1 saturated heterocycles. The zero-order valence-corrected chi connectivity index (χ0v) is 16.2. The molecule has 2 aliphatic rings. The Morgan fingerprint density at radius 3 is 2.34 bits per heavy atom. The Labute approximate surface area is 168 Å². The van der Waals surface area contributed by atoms with Crippen LogP contribution in [0.25, 0.3) is 0 Å². The van der Waals surface area contributed by atoms with Crippen LogP contribution in [0.5, 0.6) is 0 Å². The van der Waals surface area contributed by atoms with E-state index in [9.17, 15) is 24.0 Å². The van der Waals surface area contributed by atoms with E-state index in [1.807, 2.05) is 6.92 Å². The van der Waals surface area contributed by atoms with Crippen LogP contribution in [0.15, 0.2) is 24.3 Å². The van der Waals surface area contributed by atoms with Gasteiger partial charge in [-0.1, -0.05) is 19.8 Å². The van der Waals surface area contributed by atoms with Crippen molar-refractivity contribution in [2.45, 2.75) is 45.1 Å². The maximum Gasteiger partial charge on any atom is 0.338 e. The number of rotatable bonds is 7. The lowest BCUT2D eigenvalue weighted by Gasteiger charge is -2.20. The molecule has 1 saturated carbocycles. The van der Waals surface area contributed by atoms with Gasteiger partial charge >= 0.3 is 23.8 Å². The van der Waals surface area contributed by atoms with Crippen LogP contribution in [0.2, 0.25) is 0 Å². The molecule has 1 aromatic rings. The SMILES string of the molecule is CCCOC(=O)c1ccc(NC(=O)CN2C(=O)C(=O)N(C3CCCC3)C2=O)cc1. The van der Waals surface area contributed by atoms with Crippen LogP contribution in [0, 0.1) is 0 Å². The molecule has 0 atom stereocenters. The van der Waals surface area contributed by atoms with Gasteiger partial charge in [0, 0.05) is 11.7 Å². The highest BCUT2D eigenvalue weighted by Crippen LogP contribution is 2.27. The zero-order chi connectivity index (χ0) is 21.0. The number of benzene rings is 1. The van der Waals surface area contributed by atoms with Gasteiger partial charge in [-0.25, -0.2) is 14.5 Å². The van der Waals surface area contributed by atoms with Crippen molar-refractivity contribution < 1.29 is 28.7 Å². The highest BCUT2D eigenvalue weighted by atomic mass is 16.5. The molecule has 0 radical (unpaired) electrons. The quantitative estimate of drug-likeness (QED) is 0.424. The number of hydrogen-bond donors (Lipinski definition) is 1. The Morgan fingerprint density at radius 1 is 1.07 bits per heavy atom. The summed E-state index contributed by atoms with van der Waals surface area (Å²) in [6, 6.07) is 5.03. The van der Waals surface area contributed by atoms with Gasteiger partial charge in [-0.15, -0.1) is 0 Å². The van der Waals surface area contributed by atoms with Crippen LogP contribution >= 0.6 is 0 Å². The van der Waals surface area contributed by atoms with E-state index in [4.69, 9.17) is 4.74 Å². The molecule has 0 bridgehead atoms. The minimum atomic E-state index is -0.980. The summed E-state index contributed by atoms with van der Waals surface area (Å²) >= 11 is 0. The van der Waals surface area contributed by atoms with Crippen molar-refractivity contribution in [3.8, 4) is 0 Å². The molecule has 1 aromatic carbocycles. The van der Waals surface area contributed by atoms with E-state index in [0.29, 0.717) is 42.0 Å². The van der Waals surface area contributed by atoms with Gasteiger partial charge in [-0.05, 0) is 43.5 Å². The van der Waals surface area contributed by atoms with E-state index in [0.717, 1.165) is 17.7 Å². The second-order valence-corrected chi connectivity index (χ2v) is 7.05. The summed E-state index contributed by atoms with van der Waals surface area (Å²) in [5, 5.41) is 2.55. The van der Waals surface area contributed by atoms with Crippen molar-refractivity contribution in [1.29, 1.82) is 0 Å². The molecule has 3 rings (SSSR count). The highest BCUT2D eigenvalue weighted by molar-refractivity contribution is 6.45. The highest BCUT2D eigenvalue weighted by Gasteiger charge is 2.48. The van der Waals surface area contributed by atoms with Crippen molar-refractivity contribution in [1.82, 2.24) is 9.80 Å². The maximum absolute atomic E-state index is 12.5. The van der Waals surface area contributed by atoms with Gasteiger partial charge in [-0.3, -0.25) is 19.3 Å². The molecular formula is C20H23N3O6. The van der Waals surface area contributed by atoms with Crippen LogP contribution in [0.4, 0.5) is 10.5 Å². The van der Waals surface area contributed by atoms with Crippen LogP contribution in [0.3, 0.4) is 0 Å². The van der Waals surface area contributed by atoms with E-state index < -0.39 is 36.3 Å². The number of nitrogens with one attached hydrogen (secondary N) is 1. The third-order valence-corrected chi connectivity index (χ3v) is 4.92. The number of ether oxygens (including phenoxy) is 1. The monoisotopic (exact) mass is 401 g/mol. The van der Waals surface area contributed by atoms with E-state index >= 15 is 0 Å². The third kappa shape index (κ3) is 4.44. The van der Waals surface area contributed by atoms with E-state index in [1.54, 1.807) is 0 Å². The van der Waals surface area contributed by atoms with Gasteiger partial charge in [0.15, 0.2) is 0 Å². The molecule has 9 nitrogen and oxygen atoms in total. The fourth-order valence-corrected chi connectivity index (χ4v) is 3.46. The predicted octanol–water partition coefficient (Wildman–Crippen LogP) is 1.93. The lowest BCUT2D eigenvalue weighted by molar-refractivity contribution is -0.144. The van der Waals surface area contributed by atoms with Crippen molar-refractivity contribution >= 4 is 35.4 Å². The summed E-state index contributed by atoms with van der Waals surface area (Å²) in [6.07, 6.45) is 3.88. The summed E-state index contributed by atoms with van der Waals surface area (Å²) in [7, 11) is 0. The van der Waals surface area contributed by atoms with Crippen molar-refractivity contribution in [3.05, 3.63) is 29.8 Å². The molecule has 0 spiro atoms. The Balaban J connectivity index is 1.59. The first-order valence-electron chi connectivity index (χ1n) is 9.68. The molecule has 1 aliphatic heterocycles. The number of urea groups is 1. The minimum Gasteiger partial charge on any atom is -0.462 e. The molecule has 0 unspecified atom stereocenters. The molecule has 5 amide bonds. The molecule has 29 heavy (non-hydrogen) atoms. The summed E-state index contributed by atoms with van der Waals surface area (Å²) < 4.78 is 5.03. The number of imide groups is 2. The molecule has 2 fully saturated rings. The predicted molar refractivity (Wildman–Crippen MR) is 102 cm³/mol. The van der Waals surface area contributed by atoms with Crippen LogP contribution in [-0.4, -0.2) is 58.7 Å². The van der Waals surface area contributed by atoms with Crippen LogP contribution < -0.4 is 5.32 Å².